The molecule has 20 heavy (non-hydrogen) atoms. The fourth-order valence-electron chi connectivity index (χ4n) is 2.10. The summed E-state index contributed by atoms with van der Waals surface area (Å²) in [5, 5.41) is 7.25. The van der Waals surface area contributed by atoms with Crippen molar-refractivity contribution in [3.05, 3.63) is 34.3 Å². The molecule has 0 unspecified atom stereocenters. The summed E-state index contributed by atoms with van der Waals surface area (Å²) in [7, 11) is 0. The third-order valence-electron chi connectivity index (χ3n) is 3.46. The number of hydrogen-bond donors (Lipinski definition) is 1. The number of oxazole rings is 1. The Kier molecular flexibility index (Phi) is 3.92. The zero-order chi connectivity index (χ0) is 14.9. The molecule has 2 aromatic heterocycles. The summed E-state index contributed by atoms with van der Waals surface area (Å²) in [5.74, 6) is 0.551. The van der Waals surface area contributed by atoms with Gasteiger partial charge in [-0.05, 0) is 33.3 Å². The van der Waals surface area contributed by atoms with E-state index in [2.05, 4.69) is 15.4 Å². The van der Waals surface area contributed by atoms with Gasteiger partial charge in [-0.2, -0.15) is 5.10 Å². The van der Waals surface area contributed by atoms with Gasteiger partial charge in [0.25, 0.3) is 5.91 Å². The number of amides is 1. The predicted molar refractivity (Wildman–Crippen MR) is 74.7 cm³/mol. The molecule has 0 saturated carbocycles. The van der Waals surface area contributed by atoms with Crippen LogP contribution in [0.4, 0.5) is 0 Å². The number of carbonyl (C=O) groups excluding carboxylic acids is 1. The molecule has 0 fully saturated rings. The Morgan fingerprint density at radius 1 is 1.20 bits per heavy atom. The largest absolute Gasteiger partial charge is 0.436 e. The van der Waals surface area contributed by atoms with Gasteiger partial charge in [0.05, 0.1) is 17.9 Å². The van der Waals surface area contributed by atoms with Crippen LogP contribution in [0.25, 0.3) is 0 Å². The Labute approximate surface area is 118 Å². The minimum atomic E-state index is -0.235. The first kappa shape index (κ1) is 14.3. The van der Waals surface area contributed by atoms with Gasteiger partial charge in [-0.15, -0.1) is 0 Å². The first-order chi connectivity index (χ1) is 9.40. The number of nitrogens with one attached hydrogen (secondary N) is 1. The fourth-order valence-corrected chi connectivity index (χ4v) is 2.10. The van der Waals surface area contributed by atoms with E-state index in [9.17, 15) is 4.79 Å². The molecule has 0 radical (unpaired) electrons. The molecule has 0 aliphatic heterocycles. The van der Waals surface area contributed by atoms with Crippen LogP contribution < -0.4 is 5.32 Å². The van der Waals surface area contributed by atoms with Gasteiger partial charge < -0.3 is 9.73 Å². The smallest absolute Gasteiger partial charge is 0.289 e. The molecule has 0 saturated heterocycles. The van der Waals surface area contributed by atoms with E-state index in [0.29, 0.717) is 24.7 Å². The number of aryl methyl sites for hydroxylation is 3. The van der Waals surface area contributed by atoms with Crippen LogP contribution >= 0.6 is 0 Å². The maximum Gasteiger partial charge on any atom is 0.289 e. The molecule has 1 N–H and O–H groups in total. The SMILES string of the molecule is Cc1nc(C)c(C(=O)NCCn2nc(C)c(C)c2C)o1. The summed E-state index contributed by atoms with van der Waals surface area (Å²) in [6.45, 7) is 10.7. The standard InChI is InChI=1S/C14H20N4O2/c1-8-9(2)17-18(11(8)4)7-6-15-14(19)13-10(3)16-12(5)20-13/h6-7H2,1-5H3,(H,15,19). The molecular weight excluding hydrogens is 256 g/mol. The second-order valence-corrected chi connectivity index (χ2v) is 4.92. The average molecular weight is 276 g/mol. The molecule has 2 heterocycles. The molecule has 0 spiro atoms. The molecule has 6 nitrogen and oxygen atoms in total. The molecule has 0 bridgehead atoms. The van der Waals surface area contributed by atoms with Crippen LogP contribution in [0.2, 0.25) is 0 Å². The number of nitrogens with zero attached hydrogens (tertiary/aromatic N) is 3. The molecule has 1 amide bonds. The topological polar surface area (TPSA) is 73.0 Å². The summed E-state index contributed by atoms with van der Waals surface area (Å²) in [4.78, 5) is 16.0. The summed E-state index contributed by atoms with van der Waals surface area (Å²) in [5.41, 5.74) is 3.96. The highest BCUT2D eigenvalue weighted by Gasteiger charge is 2.15. The van der Waals surface area contributed by atoms with Crippen molar-refractivity contribution in [3.63, 3.8) is 0 Å². The van der Waals surface area contributed by atoms with Gasteiger partial charge in [0.2, 0.25) is 5.76 Å². The van der Waals surface area contributed by atoms with Crippen LogP contribution in [-0.2, 0) is 6.54 Å². The van der Waals surface area contributed by atoms with Crippen molar-refractivity contribution >= 4 is 5.91 Å². The van der Waals surface area contributed by atoms with E-state index in [-0.39, 0.29) is 11.7 Å². The Hall–Kier alpha value is -2.11. The quantitative estimate of drug-likeness (QED) is 0.924. The number of carbonyl (C=O) groups is 1. The molecule has 0 aromatic carbocycles. The highest BCUT2D eigenvalue weighted by molar-refractivity contribution is 5.92. The molecular formula is C14H20N4O2. The molecule has 2 aromatic rings. The summed E-state index contributed by atoms with van der Waals surface area (Å²) < 4.78 is 7.19. The van der Waals surface area contributed by atoms with Gasteiger partial charge in [0.1, 0.15) is 0 Å². The molecule has 6 heteroatoms. The molecule has 2 rings (SSSR count). The van der Waals surface area contributed by atoms with Crippen molar-refractivity contribution in [2.75, 3.05) is 6.54 Å². The fraction of sp³-hybridized carbons (Fsp3) is 0.500. The van der Waals surface area contributed by atoms with E-state index < -0.39 is 0 Å². The van der Waals surface area contributed by atoms with Gasteiger partial charge in [-0.25, -0.2) is 4.98 Å². The second-order valence-electron chi connectivity index (χ2n) is 4.92. The van der Waals surface area contributed by atoms with Crippen LogP contribution in [-0.4, -0.2) is 27.2 Å². The van der Waals surface area contributed by atoms with E-state index in [0.717, 1.165) is 11.4 Å². The number of rotatable bonds is 4. The molecule has 0 aliphatic rings. The van der Waals surface area contributed by atoms with Crippen LogP contribution in [0.1, 0.15) is 39.1 Å². The van der Waals surface area contributed by atoms with Crippen LogP contribution in [0.3, 0.4) is 0 Å². The highest BCUT2D eigenvalue weighted by Crippen LogP contribution is 2.11. The number of hydrogen-bond acceptors (Lipinski definition) is 4. The zero-order valence-electron chi connectivity index (χ0n) is 12.6. The third kappa shape index (κ3) is 2.74. The third-order valence-corrected chi connectivity index (χ3v) is 3.46. The Balaban J connectivity index is 1.94. The highest BCUT2D eigenvalue weighted by atomic mass is 16.4. The normalized spacial score (nSPS) is 10.8. The maximum absolute atomic E-state index is 12.0. The monoisotopic (exact) mass is 276 g/mol. The van der Waals surface area contributed by atoms with Crippen molar-refractivity contribution in [2.45, 2.75) is 41.2 Å². The van der Waals surface area contributed by atoms with E-state index in [1.807, 2.05) is 25.5 Å². The molecule has 0 aliphatic carbocycles. The van der Waals surface area contributed by atoms with Gasteiger partial charge in [-0.1, -0.05) is 0 Å². The van der Waals surface area contributed by atoms with E-state index >= 15 is 0 Å². The van der Waals surface area contributed by atoms with Crippen molar-refractivity contribution in [2.24, 2.45) is 0 Å². The Morgan fingerprint density at radius 3 is 2.40 bits per heavy atom. The first-order valence-corrected chi connectivity index (χ1v) is 6.63. The van der Waals surface area contributed by atoms with Gasteiger partial charge in [-0.3, -0.25) is 9.48 Å². The van der Waals surface area contributed by atoms with Gasteiger partial charge in [0, 0.05) is 19.2 Å². The molecule has 108 valence electrons. The number of aromatic nitrogens is 3. The summed E-state index contributed by atoms with van der Waals surface area (Å²) in [6, 6.07) is 0. The molecule has 0 atom stereocenters. The van der Waals surface area contributed by atoms with E-state index in [4.69, 9.17) is 4.42 Å². The van der Waals surface area contributed by atoms with Crippen LogP contribution in [0.15, 0.2) is 4.42 Å². The second kappa shape index (κ2) is 5.48. The van der Waals surface area contributed by atoms with E-state index in [1.54, 1.807) is 13.8 Å². The lowest BCUT2D eigenvalue weighted by Crippen LogP contribution is -2.28. The Bertz CT molecular complexity index is 640. The lowest BCUT2D eigenvalue weighted by molar-refractivity contribution is 0.0922. The zero-order valence-corrected chi connectivity index (χ0v) is 12.6. The van der Waals surface area contributed by atoms with Crippen LogP contribution in [0.5, 0.6) is 0 Å². The summed E-state index contributed by atoms with van der Waals surface area (Å²) >= 11 is 0. The summed E-state index contributed by atoms with van der Waals surface area (Å²) in [6.07, 6.45) is 0. The van der Waals surface area contributed by atoms with Crippen LogP contribution in [0, 0.1) is 34.6 Å². The van der Waals surface area contributed by atoms with E-state index in [1.165, 1.54) is 5.56 Å². The lowest BCUT2D eigenvalue weighted by Gasteiger charge is -2.06. The van der Waals surface area contributed by atoms with Crippen molar-refractivity contribution < 1.29 is 9.21 Å². The first-order valence-electron chi connectivity index (χ1n) is 6.63. The minimum Gasteiger partial charge on any atom is -0.436 e. The van der Waals surface area contributed by atoms with Crippen molar-refractivity contribution in [1.29, 1.82) is 0 Å². The van der Waals surface area contributed by atoms with Gasteiger partial charge in [0.15, 0.2) is 5.89 Å². The van der Waals surface area contributed by atoms with Crippen molar-refractivity contribution in [1.82, 2.24) is 20.1 Å². The predicted octanol–water partition coefficient (Wildman–Crippen LogP) is 1.84. The maximum atomic E-state index is 12.0. The average Bonchev–Trinajstić information content (AvgIpc) is 2.84. The Morgan fingerprint density at radius 2 is 1.90 bits per heavy atom. The minimum absolute atomic E-state index is 0.235. The van der Waals surface area contributed by atoms with Gasteiger partial charge >= 0.3 is 0 Å². The lowest BCUT2D eigenvalue weighted by atomic mass is 10.2. The van der Waals surface area contributed by atoms with Crippen molar-refractivity contribution in [3.8, 4) is 0 Å².